The number of nitrogens with zero attached hydrogens (tertiary/aromatic N) is 1. The maximum atomic E-state index is 11.6. The van der Waals surface area contributed by atoms with E-state index in [-0.39, 0.29) is 11.7 Å². The van der Waals surface area contributed by atoms with Gasteiger partial charge < -0.3 is 0 Å². The zero-order valence-corrected chi connectivity index (χ0v) is 8.16. The lowest BCUT2D eigenvalue weighted by atomic mass is 10.1. The van der Waals surface area contributed by atoms with Gasteiger partial charge in [-0.25, -0.2) is 0 Å². The van der Waals surface area contributed by atoms with Crippen LogP contribution in [0.2, 0.25) is 0 Å². The van der Waals surface area contributed by atoms with Crippen molar-refractivity contribution in [1.29, 1.82) is 5.26 Å². The lowest BCUT2D eigenvalue weighted by Crippen LogP contribution is -2.00. The van der Waals surface area contributed by atoms with Crippen LogP contribution in [-0.2, 0) is 0 Å². The van der Waals surface area contributed by atoms with Gasteiger partial charge in [0, 0.05) is 23.0 Å². The molecule has 1 aromatic carbocycles. The summed E-state index contributed by atoms with van der Waals surface area (Å²) in [6.45, 7) is 0. The van der Waals surface area contributed by atoms with Crippen molar-refractivity contribution in [1.82, 2.24) is 0 Å². The highest BCUT2D eigenvalue weighted by atomic mass is 16.1. The summed E-state index contributed by atoms with van der Waals surface area (Å²) in [7, 11) is 0. The van der Waals surface area contributed by atoms with E-state index in [4.69, 9.17) is 5.26 Å². The molecule has 0 spiro atoms. The van der Waals surface area contributed by atoms with Gasteiger partial charge in [-0.2, -0.15) is 5.26 Å². The largest absolute Gasteiger partial charge is 0.294 e. The molecule has 0 N–H and O–H groups in total. The molecular formula is C13H9NO. The third-order valence-corrected chi connectivity index (χ3v) is 2.38. The first-order valence-electron chi connectivity index (χ1n) is 4.85. The molecule has 0 unspecified atom stereocenters. The topological polar surface area (TPSA) is 40.9 Å². The summed E-state index contributed by atoms with van der Waals surface area (Å²) in [5.41, 5.74) is 1.52. The van der Waals surface area contributed by atoms with Crippen molar-refractivity contribution >= 4 is 5.78 Å². The zero-order chi connectivity index (χ0) is 10.7. The van der Waals surface area contributed by atoms with E-state index in [9.17, 15) is 4.79 Å². The Morgan fingerprint density at radius 1 is 1.27 bits per heavy atom. The van der Waals surface area contributed by atoms with Crippen molar-refractivity contribution in [3.8, 4) is 17.9 Å². The average Bonchev–Trinajstić information content (AvgIpc) is 3.10. The molecular weight excluding hydrogens is 186 g/mol. The molecule has 0 heterocycles. The second-order valence-corrected chi connectivity index (χ2v) is 3.58. The van der Waals surface area contributed by atoms with E-state index in [0.29, 0.717) is 0 Å². The van der Waals surface area contributed by atoms with E-state index >= 15 is 0 Å². The summed E-state index contributed by atoms with van der Waals surface area (Å²) in [5, 5.41) is 8.27. The summed E-state index contributed by atoms with van der Waals surface area (Å²) < 4.78 is 0. The van der Waals surface area contributed by atoms with Crippen molar-refractivity contribution in [3.05, 3.63) is 35.4 Å². The van der Waals surface area contributed by atoms with Crippen LogP contribution in [0.5, 0.6) is 0 Å². The second kappa shape index (κ2) is 3.98. The van der Waals surface area contributed by atoms with Crippen LogP contribution in [0.1, 0.15) is 28.8 Å². The van der Waals surface area contributed by atoms with E-state index in [2.05, 4.69) is 11.8 Å². The standard InChI is InChI=1S/C13H9NO/c14-9-1-2-10-3-5-11(6-4-10)13(15)12-7-8-12/h3-6,12H,7-8H2. The van der Waals surface area contributed by atoms with Gasteiger partial charge in [-0.15, -0.1) is 0 Å². The van der Waals surface area contributed by atoms with Gasteiger partial charge in [0.1, 0.15) is 0 Å². The number of nitriles is 1. The quantitative estimate of drug-likeness (QED) is 0.536. The van der Waals surface area contributed by atoms with Crippen molar-refractivity contribution in [2.24, 2.45) is 5.92 Å². The van der Waals surface area contributed by atoms with Gasteiger partial charge in [-0.3, -0.25) is 4.79 Å². The molecule has 0 aliphatic heterocycles. The number of hydrogen-bond donors (Lipinski definition) is 0. The van der Waals surface area contributed by atoms with Gasteiger partial charge in [-0.1, -0.05) is 18.1 Å². The van der Waals surface area contributed by atoms with Crippen molar-refractivity contribution < 1.29 is 4.79 Å². The molecule has 1 aliphatic carbocycles. The highest BCUT2D eigenvalue weighted by Crippen LogP contribution is 2.32. The van der Waals surface area contributed by atoms with Gasteiger partial charge in [0.25, 0.3) is 0 Å². The molecule has 1 aliphatic rings. The lowest BCUT2D eigenvalue weighted by molar-refractivity contribution is 0.0967. The number of carbonyl (C=O) groups excluding carboxylic acids is 1. The van der Waals surface area contributed by atoms with Crippen LogP contribution in [0.25, 0.3) is 0 Å². The van der Waals surface area contributed by atoms with Crippen LogP contribution < -0.4 is 0 Å². The fourth-order valence-corrected chi connectivity index (χ4v) is 1.40. The third-order valence-electron chi connectivity index (χ3n) is 2.38. The molecule has 1 fully saturated rings. The SMILES string of the molecule is N#CC#Cc1ccc(C(=O)C2CC2)cc1. The number of benzene rings is 1. The summed E-state index contributed by atoms with van der Waals surface area (Å²) >= 11 is 0. The smallest absolute Gasteiger partial charge is 0.165 e. The highest BCUT2D eigenvalue weighted by molar-refractivity contribution is 5.99. The Hall–Kier alpha value is -2.06. The molecule has 15 heavy (non-hydrogen) atoms. The van der Waals surface area contributed by atoms with Crippen LogP contribution in [0, 0.1) is 29.1 Å². The number of ketones is 1. The predicted molar refractivity (Wildman–Crippen MR) is 56.0 cm³/mol. The molecule has 2 nitrogen and oxygen atoms in total. The monoisotopic (exact) mass is 195 g/mol. The Bertz CT molecular complexity index is 478. The minimum Gasteiger partial charge on any atom is -0.294 e. The Kier molecular flexibility index (Phi) is 2.52. The van der Waals surface area contributed by atoms with E-state index in [0.717, 1.165) is 24.0 Å². The summed E-state index contributed by atoms with van der Waals surface area (Å²) in [6, 6.07) is 8.87. The number of Topliss-reactive ketones (excluding diaryl/α,β-unsaturated/α-hetero) is 1. The Labute approximate surface area is 88.5 Å². The minimum absolute atomic E-state index is 0.231. The number of carbonyl (C=O) groups is 1. The van der Waals surface area contributed by atoms with Crippen molar-refractivity contribution in [3.63, 3.8) is 0 Å². The predicted octanol–water partition coefficient (Wildman–Crippen LogP) is 2.15. The average molecular weight is 195 g/mol. The first-order valence-corrected chi connectivity index (χ1v) is 4.85. The van der Waals surface area contributed by atoms with Gasteiger partial charge >= 0.3 is 0 Å². The second-order valence-electron chi connectivity index (χ2n) is 3.58. The molecule has 1 aromatic rings. The Balaban J connectivity index is 2.17. The Morgan fingerprint density at radius 3 is 2.47 bits per heavy atom. The number of rotatable bonds is 2. The maximum Gasteiger partial charge on any atom is 0.165 e. The maximum absolute atomic E-state index is 11.6. The van der Waals surface area contributed by atoms with Crippen molar-refractivity contribution in [2.75, 3.05) is 0 Å². The molecule has 0 atom stereocenters. The van der Waals surface area contributed by atoms with Crippen LogP contribution in [-0.4, -0.2) is 5.78 Å². The van der Waals surface area contributed by atoms with Gasteiger partial charge in [0.05, 0.1) is 0 Å². The van der Waals surface area contributed by atoms with E-state index in [1.807, 2.05) is 0 Å². The first kappa shape index (κ1) is 9.49. The van der Waals surface area contributed by atoms with Gasteiger partial charge in [-0.05, 0) is 25.0 Å². The molecule has 2 rings (SSSR count). The molecule has 0 bridgehead atoms. The van der Waals surface area contributed by atoms with Gasteiger partial charge in [0.2, 0.25) is 0 Å². The summed E-state index contributed by atoms with van der Waals surface area (Å²) in [5.74, 6) is 5.48. The fraction of sp³-hybridized carbons (Fsp3) is 0.231. The molecule has 0 saturated heterocycles. The van der Waals surface area contributed by atoms with E-state index in [1.165, 1.54) is 0 Å². The van der Waals surface area contributed by atoms with E-state index < -0.39 is 0 Å². The molecule has 2 heteroatoms. The Morgan fingerprint density at radius 2 is 1.93 bits per heavy atom. The molecule has 72 valence electrons. The highest BCUT2D eigenvalue weighted by Gasteiger charge is 2.30. The van der Waals surface area contributed by atoms with E-state index in [1.54, 1.807) is 30.3 Å². The fourth-order valence-electron chi connectivity index (χ4n) is 1.40. The number of hydrogen-bond acceptors (Lipinski definition) is 2. The normalized spacial score (nSPS) is 13.5. The van der Waals surface area contributed by atoms with Crippen molar-refractivity contribution in [2.45, 2.75) is 12.8 Å². The molecule has 0 amide bonds. The van der Waals surface area contributed by atoms with Gasteiger partial charge in [0.15, 0.2) is 11.9 Å². The van der Waals surface area contributed by atoms with Crippen LogP contribution in [0.4, 0.5) is 0 Å². The summed E-state index contributed by atoms with van der Waals surface area (Å²) in [4.78, 5) is 11.6. The van der Waals surface area contributed by atoms with Crippen LogP contribution in [0.15, 0.2) is 24.3 Å². The van der Waals surface area contributed by atoms with Crippen LogP contribution >= 0.6 is 0 Å². The third kappa shape index (κ3) is 2.24. The summed E-state index contributed by atoms with van der Waals surface area (Å²) in [6.07, 6.45) is 2.05. The first-order chi connectivity index (χ1) is 7.31. The zero-order valence-electron chi connectivity index (χ0n) is 8.16. The molecule has 0 aromatic heterocycles. The minimum atomic E-state index is 0.231. The van der Waals surface area contributed by atoms with Crippen LogP contribution in [0.3, 0.4) is 0 Å². The lowest BCUT2D eigenvalue weighted by Gasteiger charge is -1.97. The molecule has 1 saturated carbocycles. The molecule has 0 radical (unpaired) electrons.